The Bertz CT molecular complexity index is 465. The van der Waals surface area contributed by atoms with Crippen molar-refractivity contribution in [3.63, 3.8) is 0 Å². The van der Waals surface area contributed by atoms with Crippen LogP contribution in [0, 0.1) is 6.92 Å². The molecule has 0 amide bonds. The molecule has 0 radical (unpaired) electrons. The third-order valence-electron chi connectivity index (χ3n) is 2.18. The molecule has 0 saturated heterocycles. The summed E-state index contributed by atoms with van der Waals surface area (Å²) in [6, 6.07) is 9.63. The lowest BCUT2D eigenvalue weighted by Crippen LogP contribution is -2.03. The molecule has 0 aliphatic heterocycles. The molecular weight excluding hydrogens is 200 g/mol. The van der Waals surface area contributed by atoms with Crippen LogP contribution in [0.4, 0.5) is 11.5 Å². The Hall–Kier alpha value is -2.10. The van der Waals surface area contributed by atoms with Crippen LogP contribution < -0.4 is 11.1 Å². The molecule has 2 heterocycles. The Labute approximate surface area is 94.5 Å². The zero-order valence-corrected chi connectivity index (χ0v) is 9.14. The summed E-state index contributed by atoms with van der Waals surface area (Å²) < 4.78 is 0. The molecule has 0 spiro atoms. The van der Waals surface area contributed by atoms with Crippen LogP contribution in [0.2, 0.25) is 0 Å². The normalized spacial score (nSPS) is 10.1. The summed E-state index contributed by atoms with van der Waals surface area (Å²) in [5.74, 6) is 0.803. The molecule has 16 heavy (non-hydrogen) atoms. The maximum absolute atomic E-state index is 5.55. The lowest BCUT2D eigenvalue weighted by molar-refractivity contribution is 1.00. The van der Waals surface area contributed by atoms with Crippen LogP contribution in [0.15, 0.2) is 36.5 Å². The summed E-state index contributed by atoms with van der Waals surface area (Å²) in [7, 11) is 0. The predicted molar refractivity (Wildman–Crippen MR) is 65.0 cm³/mol. The molecule has 3 N–H and O–H groups in total. The van der Waals surface area contributed by atoms with Gasteiger partial charge < -0.3 is 11.1 Å². The van der Waals surface area contributed by atoms with Gasteiger partial charge in [0.1, 0.15) is 5.82 Å². The van der Waals surface area contributed by atoms with E-state index in [0.29, 0.717) is 12.2 Å². The fourth-order valence-corrected chi connectivity index (χ4v) is 1.39. The molecule has 0 unspecified atom stereocenters. The Kier molecular flexibility index (Phi) is 3.00. The van der Waals surface area contributed by atoms with Crippen LogP contribution in [-0.4, -0.2) is 9.97 Å². The number of aromatic nitrogens is 2. The molecule has 0 saturated carbocycles. The second-order valence-electron chi connectivity index (χ2n) is 3.60. The molecule has 4 nitrogen and oxygen atoms in total. The molecule has 0 aliphatic carbocycles. The number of aryl methyl sites for hydroxylation is 1. The van der Waals surface area contributed by atoms with Crippen LogP contribution in [0.25, 0.3) is 0 Å². The summed E-state index contributed by atoms with van der Waals surface area (Å²) in [4.78, 5) is 8.54. The maximum atomic E-state index is 5.55. The lowest BCUT2D eigenvalue weighted by atomic mass is 10.3. The molecule has 0 aromatic carbocycles. The highest BCUT2D eigenvalue weighted by atomic mass is 15.0. The molecule has 0 fully saturated rings. The zero-order valence-electron chi connectivity index (χ0n) is 9.14. The van der Waals surface area contributed by atoms with Crippen LogP contribution in [0.1, 0.15) is 11.4 Å². The predicted octanol–water partition coefficient (Wildman–Crippen LogP) is 1.98. The molecule has 2 aromatic heterocycles. The average molecular weight is 214 g/mol. The highest BCUT2D eigenvalue weighted by Crippen LogP contribution is 2.07. The van der Waals surface area contributed by atoms with Gasteiger partial charge in [-0.05, 0) is 31.2 Å². The van der Waals surface area contributed by atoms with Crippen molar-refractivity contribution < 1.29 is 0 Å². The Balaban J connectivity index is 1.99. The second kappa shape index (κ2) is 4.61. The highest BCUT2D eigenvalue weighted by molar-refractivity contribution is 5.43. The lowest BCUT2D eigenvalue weighted by Gasteiger charge is -2.05. The average Bonchev–Trinajstić information content (AvgIpc) is 2.28. The quantitative estimate of drug-likeness (QED) is 0.820. The standard InChI is InChI=1S/C12H14N4/c1-9-3-2-4-11(16-9)8-15-12-6-5-10(13)7-14-12/h2-7H,8,13H2,1H3,(H,14,15). The first kappa shape index (κ1) is 10.4. The van der Waals surface area contributed by atoms with Crippen LogP contribution >= 0.6 is 0 Å². The molecule has 0 bridgehead atoms. The number of hydrogen-bond donors (Lipinski definition) is 2. The minimum atomic E-state index is 0.665. The van der Waals surface area contributed by atoms with E-state index in [4.69, 9.17) is 5.73 Å². The summed E-state index contributed by atoms with van der Waals surface area (Å²) in [6.45, 7) is 2.64. The summed E-state index contributed by atoms with van der Waals surface area (Å²) in [5.41, 5.74) is 8.23. The number of pyridine rings is 2. The van der Waals surface area contributed by atoms with E-state index in [-0.39, 0.29) is 0 Å². The van der Waals surface area contributed by atoms with Gasteiger partial charge in [0.15, 0.2) is 0 Å². The first-order valence-electron chi connectivity index (χ1n) is 5.12. The SMILES string of the molecule is Cc1cccc(CNc2ccc(N)cn2)n1. The molecule has 2 aromatic rings. The van der Waals surface area contributed by atoms with Gasteiger partial charge in [0, 0.05) is 5.69 Å². The minimum Gasteiger partial charge on any atom is -0.397 e. The fourth-order valence-electron chi connectivity index (χ4n) is 1.39. The van der Waals surface area contributed by atoms with Gasteiger partial charge in [-0.15, -0.1) is 0 Å². The zero-order chi connectivity index (χ0) is 11.4. The molecular formula is C12H14N4. The van der Waals surface area contributed by atoms with Gasteiger partial charge in [-0.25, -0.2) is 4.98 Å². The topological polar surface area (TPSA) is 63.8 Å². The number of nitrogens with two attached hydrogens (primary N) is 1. The fraction of sp³-hybridized carbons (Fsp3) is 0.167. The van der Waals surface area contributed by atoms with Crippen LogP contribution in [0.3, 0.4) is 0 Å². The second-order valence-corrected chi connectivity index (χ2v) is 3.60. The van der Waals surface area contributed by atoms with E-state index in [1.165, 1.54) is 0 Å². The van der Waals surface area contributed by atoms with E-state index < -0.39 is 0 Å². The first-order chi connectivity index (χ1) is 7.74. The van der Waals surface area contributed by atoms with Crippen molar-refractivity contribution in [2.24, 2.45) is 0 Å². The van der Waals surface area contributed by atoms with Crippen molar-refractivity contribution in [3.05, 3.63) is 47.9 Å². The van der Waals surface area contributed by atoms with E-state index in [2.05, 4.69) is 15.3 Å². The Morgan fingerprint density at radius 2 is 2.12 bits per heavy atom. The third-order valence-corrected chi connectivity index (χ3v) is 2.18. The van der Waals surface area contributed by atoms with E-state index in [1.54, 1.807) is 6.20 Å². The van der Waals surface area contributed by atoms with Crippen molar-refractivity contribution in [3.8, 4) is 0 Å². The number of rotatable bonds is 3. The van der Waals surface area contributed by atoms with E-state index in [0.717, 1.165) is 17.2 Å². The van der Waals surface area contributed by atoms with Gasteiger partial charge in [-0.2, -0.15) is 0 Å². The van der Waals surface area contributed by atoms with E-state index >= 15 is 0 Å². The van der Waals surface area contributed by atoms with Gasteiger partial charge in [-0.3, -0.25) is 4.98 Å². The summed E-state index contributed by atoms with van der Waals surface area (Å²) >= 11 is 0. The van der Waals surface area contributed by atoms with Gasteiger partial charge in [-0.1, -0.05) is 6.07 Å². The summed E-state index contributed by atoms with van der Waals surface area (Å²) in [5, 5.41) is 3.19. The molecule has 82 valence electrons. The number of nitrogen functional groups attached to an aromatic ring is 1. The van der Waals surface area contributed by atoms with Gasteiger partial charge in [0.05, 0.1) is 24.1 Å². The van der Waals surface area contributed by atoms with E-state index in [1.807, 2.05) is 37.3 Å². The van der Waals surface area contributed by atoms with Crippen molar-refractivity contribution in [1.29, 1.82) is 0 Å². The maximum Gasteiger partial charge on any atom is 0.126 e. The number of hydrogen-bond acceptors (Lipinski definition) is 4. The van der Waals surface area contributed by atoms with Crippen LogP contribution in [-0.2, 0) is 6.54 Å². The molecule has 0 aliphatic rings. The van der Waals surface area contributed by atoms with Crippen molar-refractivity contribution in [2.75, 3.05) is 11.1 Å². The van der Waals surface area contributed by atoms with Gasteiger partial charge in [0.2, 0.25) is 0 Å². The van der Waals surface area contributed by atoms with Crippen molar-refractivity contribution in [1.82, 2.24) is 9.97 Å². The van der Waals surface area contributed by atoms with Crippen molar-refractivity contribution >= 4 is 11.5 Å². The summed E-state index contributed by atoms with van der Waals surface area (Å²) in [6.07, 6.45) is 1.63. The third kappa shape index (κ3) is 2.70. The minimum absolute atomic E-state index is 0.665. The number of anilines is 2. The number of nitrogens with one attached hydrogen (secondary N) is 1. The van der Waals surface area contributed by atoms with Crippen LogP contribution in [0.5, 0.6) is 0 Å². The Morgan fingerprint density at radius 1 is 1.25 bits per heavy atom. The monoisotopic (exact) mass is 214 g/mol. The first-order valence-corrected chi connectivity index (χ1v) is 5.12. The molecule has 0 atom stereocenters. The highest BCUT2D eigenvalue weighted by Gasteiger charge is 1.96. The molecule has 4 heteroatoms. The van der Waals surface area contributed by atoms with Gasteiger partial charge in [0.25, 0.3) is 0 Å². The Morgan fingerprint density at radius 3 is 2.81 bits per heavy atom. The number of nitrogens with zero attached hydrogens (tertiary/aromatic N) is 2. The van der Waals surface area contributed by atoms with E-state index in [9.17, 15) is 0 Å². The molecule has 2 rings (SSSR count). The van der Waals surface area contributed by atoms with Gasteiger partial charge >= 0.3 is 0 Å². The largest absolute Gasteiger partial charge is 0.397 e. The smallest absolute Gasteiger partial charge is 0.126 e. The van der Waals surface area contributed by atoms with Crippen molar-refractivity contribution in [2.45, 2.75) is 13.5 Å².